The molecule has 0 aromatic carbocycles. The van der Waals surface area contributed by atoms with E-state index in [-0.39, 0.29) is 6.29 Å². The van der Waals surface area contributed by atoms with Crippen LogP contribution in [0.15, 0.2) is 11.4 Å². The van der Waals surface area contributed by atoms with Crippen LogP contribution in [-0.4, -0.2) is 13.2 Å². The van der Waals surface area contributed by atoms with E-state index in [1.807, 2.05) is 0 Å². The van der Waals surface area contributed by atoms with Gasteiger partial charge >= 0.3 is 0 Å². The standard InChI is InChI=1S/C13H20O2S/c1-2-3-4-5-6-11-7-10-16-12(11)13-14-8-9-15-13/h7,10,13H,2-6,8-9H2,1H3. The zero-order valence-corrected chi connectivity index (χ0v) is 10.7. The third-order valence-electron chi connectivity index (χ3n) is 2.92. The Morgan fingerprint density at radius 2 is 2.06 bits per heavy atom. The highest BCUT2D eigenvalue weighted by Crippen LogP contribution is 2.31. The fourth-order valence-electron chi connectivity index (χ4n) is 2.01. The lowest BCUT2D eigenvalue weighted by atomic mass is 10.1. The van der Waals surface area contributed by atoms with Gasteiger partial charge in [-0.1, -0.05) is 26.2 Å². The minimum absolute atomic E-state index is 0.0822. The molecule has 0 saturated carbocycles. The Kier molecular flexibility index (Phi) is 4.82. The molecule has 3 heteroatoms. The van der Waals surface area contributed by atoms with Crippen molar-refractivity contribution in [1.29, 1.82) is 0 Å². The monoisotopic (exact) mass is 240 g/mol. The summed E-state index contributed by atoms with van der Waals surface area (Å²) in [4.78, 5) is 1.29. The van der Waals surface area contributed by atoms with E-state index >= 15 is 0 Å². The van der Waals surface area contributed by atoms with Crippen molar-refractivity contribution in [3.05, 3.63) is 21.9 Å². The number of thiophene rings is 1. The third-order valence-corrected chi connectivity index (χ3v) is 3.90. The second-order valence-electron chi connectivity index (χ2n) is 4.19. The predicted molar refractivity (Wildman–Crippen MR) is 66.8 cm³/mol. The quantitative estimate of drug-likeness (QED) is 0.702. The molecule has 0 radical (unpaired) electrons. The van der Waals surface area contributed by atoms with Crippen LogP contribution < -0.4 is 0 Å². The van der Waals surface area contributed by atoms with Gasteiger partial charge in [-0.2, -0.15) is 0 Å². The molecule has 1 fully saturated rings. The van der Waals surface area contributed by atoms with Crippen molar-refractivity contribution in [2.24, 2.45) is 0 Å². The average Bonchev–Trinajstić information content (AvgIpc) is 2.94. The average molecular weight is 240 g/mol. The van der Waals surface area contributed by atoms with E-state index in [0.717, 1.165) is 13.2 Å². The molecule has 90 valence electrons. The number of hydrogen-bond acceptors (Lipinski definition) is 3. The number of rotatable bonds is 6. The first kappa shape index (κ1) is 12.1. The molecule has 0 N–H and O–H groups in total. The van der Waals surface area contributed by atoms with Crippen molar-refractivity contribution >= 4 is 11.3 Å². The maximum absolute atomic E-state index is 5.55. The Morgan fingerprint density at radius 3 is 2.81 bits per heavy atom. The minimum atomic E-state index is -0.0822. The van der Waals surface area contributed by atoms with E-state index < -0.39 is 0 Å². The maximum atomic E-state index is 5.55. The van der Waals surface area contributed by atoms with Gasteiger partial charge in [0.25, 0.3) is 0 Å². The van der Waals surface area contributed by atoms with Crippen molar-refractivity contribution < 1.29 is 9.47 Å². The molecule has 1 aromatic heterocycles. The van der Waals surface area contributed by atoms with Gasteiger partial charge < -0.3 is 9.47 Å². The molecule has 2 heterocycles. The summed E-state index contributed by atoms with van der Waals surface area (Å²) in [6.07, 6.45) is 6.34. The molecule has 1 saturated heterocycles. The minimum Gasteiger partial charge on any atom is -0.345 e. The van der Waals surface area contributed by atoms with E-state index in [9.17, 15) is 0 Å². The Labute approximate surface area is 102 Å². The second-order valence-corrected chi connectivity index (χ2v) is 5.14. The molecule has 1 aliphatic rings. The normalized spacial score (nSPS) is 17.1. The summed E-state index contributed by atoms with van der Waals surface area (Å²) in [6.45, 7) is 3.71. The van der Waals surface area contributed by atoms with Gasteiger partial charge in [-0.3, -0.25) is 0 Å². The highest BCUT2D eigenvalue weighted by molar-refractivity contribution is 7.10. The van der Waals surface area contributed by atoms with Crippen LogP contribution in [0.25, 0.3) is 0 Å². The number of hydrogen-bond donors (Lipinski definition) is 0. The topological polar surface area (TPSA) is 18.5 Å². The predicted octanol–water partition coefficient (Wildman–Crippen LogP) is 3.92. The van der Waals surface area contributed by atoms with Crippen molar-refractivity contribution in [1.82, 2.24) is 0 Å². The first-order valence-corrected chi connectivity index (χ1v) is 7.09. The Bertz CT molecular complexity index is 303. The smallest absolute Gasteiger partial charge is 0.193 e. The fourth-order valence-corrected chi connectivity index (χ4v) is 2.96. The van der Waals surface area contributed by atoms with Crippen molar-refractivity contribution in [2.75, 3.05) is 13.2 Å². The summed E-state index contributed by atoms with van der Waals surface area (Å²) in [5, 5.41) is 2.15. The van der Waals surface area contributed by atoms with E-state index in [2.05, 4.69) is 18.4 Å². The van der Waals surface area contributed by atoms with Gasteiger partial charge in [-0.15, -0.1) is 11.3 Å². The Balaban J connectivity index is 1.86. The van der Waals surface area contributed by atoms with Crippen LogP contribution in [0.5, 0.6) is 0 Å². The van der Waals surface area contributed by atoms with Gasteiger partial charge in [0, 0.05) is 0 Å². The summed E-state index contributed by atoms with van der Waals surface area (Å²) < 4.78 is 11.1. The molecule has 2 rings (SSSR count). The zero-order chi connectivity index (χ0) is 11.2. The van der Waals surface area contributed by atoms with E-state index in [1.54, 1.807) is 11.3 Å². The van der Waals surface area contributed by atoms with Crippen LogP contribution in [-0.2, 0) is 15.9 Å². The number of aryl methyl sites for hydroxylation is 1. The molecule has 1 aliphatic heterocycles. The highest BCUT2D eigenvalue weighted by Gasteiger charge is 2.22. The van der Waals surface area contributed by atoms with E-state index in [4.69, 9.17) is 9.47 Å². The van der Waals surface area contributed by atoms with E-state index in [1.165, 1.54) is 42.5 Å². The van der Waals surface area contributed by atoms with Gasteiger partial charge in [-0.25, -0.2) is 0 Å². The summed E-state index contributed by atoms with van der Waals surface area (Å²) >= 11 is 1.76. The first-order chi connectivity index (χ1) is 7.92. The maximum Gasteiger partial charge on any atom is 0.193 e. The van der Waals surface area contributed by atoms with E-state index in [0.29, 0.717) is 0 Å². The number of unbranched alkanes of at least 4 members (excludes halogenated alkanes) is 3. The number of ether oxygens (including phenoxy) is 2. The fraction of sp³-hybridized carbons (Fsp3) is 0.692. The van der Waals surface area contributed by atoms with Crippen molar-refractivity contribution in [3.63, 3.8) is 0 Å². The van der Waals surface area contributed by atoms with Crippen LogP contribution >= 0.6 is 11.3 Å². The van der Waals surface area contributed by atoms with Gasteiger partial charge in [-0.05, 0) is 29.9 Å². The van der Waals surface area contributed by atoms with Crippen LogP contribution in [0, 0.1) is 0 Å². The molecule has 0 bridgehead atoms. The van der Waals surface area contributed by atoms with Gasteiger partial charge in [0.15, 0.2) is 6.29 Å². The van der Waals surface area contributed by atoms with Crippen molar-refractivity contribution in [2.45, 2.75) is 45.3 Å². The SMILES string of the molecule is CCCCCCc1ccsc1C1OCCO1. The molecular weight excluding hydrogens is 220 g/mol. The zero-order valence-electron chi connectivity index (χ0n) is 9.91. The first-order valence-electron chi connectivity index (χ1n) is 6.21. The molecule has 0 amide bonds. The molecular formula is C13H20O2S. The van der Waals surface area contributed by atoms with Crippen LogP contribution in [0.4, 0.5) is 0 Å². The molecule has 2 nitrogen and oxygen atoms in total. The van der Waals surface area contributed by atoms with Gasteiger partial charge in [0.2, 0.25) is 0 Å². The molecule has 1 aromatic rings. The second kappa shape index (κ2) is 6.38. The molecule has 0 aliphatic carbocycles. The van der Waals surface area contributed by atoms with Crippen LogP contribution in [0.1, 0.15) is 49.3 Å². The molecule has 0 spiro atoms. The summed E-state index contributed by atoms with van der Waals surface area (Å²) in [5.41, 5.74) is 1.42. The van der Waals surface area contributed by atoms with Crippen molar-refractivity contribution in [3.8, 4) is 0 Å². The summed E-state index contributed by atoms with van der Waals surface area (Å²) in [6, 6.07) is 2.22. The lowest BCUT2D eigenvalue weighted by Crippen LogP contribution is -1.99. The lowest BCUT2D eigenvalue weighted by molar-refractivity contribution is -0.0418. The van der Waals surface area contributed by atoms with Crippen LogP contribution in [0.3, 0.4) is 0 Å². The summed E-state index contributed by atoms with van der Waals surface area (Å²) in [5.74, 6) is 0. The third kappa shape index (κ3) is 3.06. The molecule has 0 unspecified atom stereocenters. The van der Waals surface area contributed by atoms with Gasteiger partial charge in [0.1, 0.15) is 0 Å². The Hall–Kier alpha value is -0.380. The lowest BCUT2D eigenvalue weighted by Gasteiger charge is -2.09. The van der Waals surface area contributed by atoms with Crippen LogP contribution in [0.2, 0.25) is 0 Å². The highest BCUT2D eigenvalue weighted by atomic mass is 32.1. The molecule has 0 atom stereocenters. The molecule has 16 heavy (non-hydrogen) atoms. The summed E-state index contributed by atoms with van der Waals surface area (Å²) in [7, 11) is 0. The Morgan fingerprint density at radius 1 is 1.25 bits per heavy atom. The van der Waals surface area contributed by atoms with Gasteiger partial charge in [0.05, 0.1) is 18.1 Å². The largest absolute Gasteiger partial charge is 0.345 e.